The van der Waals surface area contributed by atoms with Gasteiger partial charge < -0.3 is 14.2 Å². The van der Waals surface area contributed by atoms with Gasteiger partial charge in [0.15, 0.2) is 5.58 Å². The zero-order valence-electron chi connectivity index (χ0n) is 45.4. The molecule has 1 heterocycles. The molecule has 386 valence electrons. The number of nitrogens with zero attached hydrogens (tertiary/aromatic N) is 2. The highest BCUT2D eigenvalue weighted by atomic mass is 16.3. The summed E-state index contributed by atoms with van der Waals surface area (Å²) in [5.41, 5.74) is 24.8. The van der Waals surface area contributed by atoms with Crippen LogP contribution in [0, 0.1) is 0 Å². The third-order valence-electron chi connectivity index (χ3n) is 17.8. The van der Waals surface area contributed by atoms with E-state index in [4.69, 9.17) is 4.42 Å². The number of anilines is 6. The van der Waals surface area contributed by atoms with Crippen molar-refractivity contribution < 1.29 is 4.42 Å². The molecule has 2 aliphatic rings. The zero-order valence-corrected chi connectivity index (χ0v) is 45.4. The summed E-state index contributed by atoms with van der Waals surface area (Å²) in [7, 11) is 0. The smallest absolute Gasteiger partial charge is 0.159 e. The minimum atomic E-state index is -0.595. The predicted octanol–water partition coefficient (Wildman–Crippen LogP) is 21.3. The van der Waals surface area contributed by atoms with E-state index in [0.717, 1.165) is 80.0 Å². The summed E-state index contributed by atoms with van der Waals surface area (Å²) in [5.74, 6) is 0. The Kier molecular flexibility index (Phi) is 11.6. The van der Waals surface area contributed by atoms with Gasteiger partial charge in [0.25, 0.3) is 0 Å². The van der Waals surface area contributed by atoms with Crippen LogP contribution >= 0.6 is 0 Å². The third-order valence-corrected chi connectivity index (χ3v) is 17.8. The van der Waals surface area contributed by atoms with Crippen LogP contribution in [0.3, 0.4) is 0 Å². The molecule has 2 aliphatic carbocycles. The molecular weight excluding hydrogens is 981 g/mol. The van der Waals surface area contributed by atoms with Crippen molar-refractivity contribution in [3.8, 4) is 44.5 Å². The maximum Gasteiger partial charge on any atom is 0.159 e. The van der Waals surface area contributed by atoms with E-state index in [1.54, 1.807) is 0 Å². The van der Waals surface area contributed by atoms with E-state index in [1.807, 2.05) is 0 Å². The molecule has 12 aromatic carbocycles. The number of furan rings is 1. The molecule has 3 heteroatoms. The Bertz CT molecular complexity index is 4470. The van der Waals surface area contributed by atoms with Gasteiger partial charge in [-0.05, 0) is 146 Å². The Hall–Kier alpha value is -9.96. The van der Waals surface area contributed by atoms with Crippen LogP contribution < -0.4 is 9.80 Å². The molecular formula is C78H58N2O. The molecule has 13 aromatic rings. The zero-order chi connectivity index (χ0) is 54.1. The fourth-order valence-electron chi connectivity index (χ4n) is 14.1. The van der Waals surface area contributed by atoms with Crippen molar-refractivity contribution in [2.75, 3.05) is 9.80 Å². The number of fused-ring (bicyclic) bond motifs is 9. The van der Waals surface area contributed by atoms with Crippen molar-refractivity contribution in [3.63, 3.8) is 0 Å². The van der Waals surface area contributed by atoms with Gasteiger partial charge in [0, 0.05) is 44.5 Å². The number of rotatable bonds is 12. The molecule has 0 aliphatic heterocycles. The second-order valence-electron chi connectivity index (χ2n) is 21.7. The summed E-state index contributed by atoms with van der Waals surface area (Å²) in [6, 6.07) is 107. The van der Waals surface area contributed by atoms with Crippen LogP contribution in [0.25, 0.3) is 66.4 Å². The number of benzene rings is 12. The van der Waals surface area contributed by atoms with Crippen LogP contribution in [0.1, 0.15) is 60.1 Å². The van der Waals surface area contributed by atoms with E-state index in [0.29, 0.717) is 0 Å². The van der Waals surface area contributed by atoms with Crippen molar-refractivity contribution in [2.45, 2.75) is 37.5 Å². The van der Waals surface area contributed by atoms with E-state index < -0.39 is 5.41 Å². The molecule has 1 aromatic heterocycles. The number of para-hydroxylation sites is 3. The Morgan fingerprint density at radius 2 is 0.778 bits per heavy atom. The second-order valence-corrected chi connectivity index (χ2v) is 21.7. The molecule has 0 atom stereocenters. The van der Waals surface area contributed by atoms with E-state index >= 15 is 0 Å². The predicted molar refractivity (Wildman–Crippen MR) is 338 cm³/mol. The highest BCUT2D eigenvalue weighted by Gasteiger charge is 2.46. The van der Waals surface area contributed by atoms with Crippen molar-refractivity contribution in [1.29, 1.82) is 0 Å². The lowest BCUT2D eigenvalue weighted by molar-refractivity contribution is 0.490. The Labute approximate surface area is 474 Å². The van der Waals surface area contributed by atoms with E-state index in [9.17, 15) is 0 Å². The van der Waals surface area contributed by atoms with Crippen LogP contribution in [0.15, 0.2) is 296 Å². The summed E-state index contributed by atoms with van der Waals surface area (Å²) in [6.07, 6.45) is 2.06. The fourth-order valence-corrected chi connectivity index (χ4v) is 14.1. The first-order valence-electron chi connectivity index (χ1n) is 28.5. The van der Waals surface area contributed by atoms with Gasteiger partial charge >= 0.3 is 0 Å². The molecule has 0 unspecified atom stereocenters. The average molecular weight is 1040 g/mol. The lowest BCUT2D eigenvalue weighted by atomic mass is 9.67. The van der Waals surface area contributed by atoms with Crippen molar-refractivity contribution >= 4 is 56.1 Å². The quantitative estimate of drug-likeness (QED) is 0.122. The molecule has 0 saturated heterocycles. The third kappa shape index (κ3) is 7.49. The van der Waals surface area contributed by atoms with Crippen molar-refractivity contribution in [1.82, 2.24) is 0 Å². The lowest BCUT2D eigenvalue weighted by Gasteiger charge is -2.35. The topological polar surface area (TPSA) is 19.6 Å². The standard InChI is InChI=1S/C78H58N2O/c1-3-77(4-2)69-38-16-11-35-65(69)68-52-61(48-49-70(68)77)79(73-41-19-14-32-62(73)55-46-44-54(45-47-55)53-24-7-5-8-25-53)59-30-22-31-60(51-59)80(74-42-23-37-67-66-36-15-20-43-75(66)81-76(67)74)58-29-21-28-57(50-58)78(56-26-9-6-10-27-56)71-39-17-12-33-63(71)64-34-13-18-40-72(64)78/h5-52H,3-4H2,1-2H3. The summed E-state index contributed by atoms with van der Waals surface area (Å²) < 4.78 is 6.99. The molecule has 0 saturated carbocycles. The molecule has 15 rings (SSSR count). The van der Waals surface area contributed by atoms with Crippen LogP contribution in [0.2, 0.25) is 0 Å². The summed E-state index contributed by atoms with van der Waals surface area (Å²) >= 11 is 0. The van der Waals surface area contributed by atoms with Crippen LogP contribution in [-0.4, -0.2) is 0 Å². The van der Waals surface area contributed by atoms with E-state index in [2.05, 4.69) is 315 Å². The highest BCUT2D eigenvalue weighted by Crippen LogP contribution is 2.58. The van der Waals surface area contributed by atoms with Crippen LogP contribution in [0.5, 0.6) is 0 Å². The molecule has 0 amide bonds. The highest BCUT2D eigenvalue weighted by molar-refractivity contribution is 6.10. The van der Waals surface area contributed by atoms with E-state index in [-0.39, 0.29) is 5.41 Å². The Morgan fingerprint density at radius 3 is 1.48 bits per heavy atom. The fraction of sp³-hybridized carbons (Fsp3) is 0.0769. The molecule has 0 N–H and O–H groups in total. The first-order chi connectivity index (χ1) is 40.1. The molecule has 0 spiro atoms. The summed E-state index contributed by atoms with van der Waals surface area (Å²) in [4.78, 5) is 4.91. The van der Waals surface area contributed by atoms with Gasteiger partial charge in [-0.15, -0.1) is 0 Å². The molecule has 0 radical (unpaired) electrons. The molecule has 0 bridgehead atoms. The largest absolute Gasteiger partial charge is 0.454 e. The molecule has 81 heavy (non-hydrogen) atoms. The summed E-state index contributed by atoms with van der Waals surface area (Å²) in [5, 5.41) is 2.16. The molecule has 3 nitrogen and oxygen atoms in total. The lowest BCUT2D eigenvalue weighted by Crippen LogP contribution is -2.28. The van der Waals surface area contributed by atoms with Crippen molar-refractivity contribution in [2.24, 2.45) is 0 Å². The van der Waals surface area contributed by atoms with Gasteiger partial charge in [0.05, 0.1) is 16.8 Å². The monoisotopic (exact) mass is 1040 g/mol. The first-order valence-corrected chi connectivity index (χ1v) is 28.5. The average Bonchev–Trinajstić information content (AvgIpc) is 4.38. The molecule has 0 fully saturated rings. The van der Waals surface area contributed by atoms with Gasteiger partial charge in [-0.25, -0.2) is 0 Å². The van der Waals surface area contributed by atoms with Crippen LogP contribution in [0.4, 0.5) is 34.1 Å². The number of hydrogen-bond donors (Lipinski definition) is 0. The number of hydrogen-bond acceptors (Lipinski definition) is 3. The normalized spacial score (nSPS) is 13.4. The first kappa shape index (κ1) is 48.2. The Morgan fingerprint density at radius 1 is 0.309 bits per heavy atom. The van der Waals surface area contributed by atoms with Gasteiger partial charge in [-0.3, -0.25) is 0 Å². The van der Waals surface area contributed by atoms with Gasteiger partial charge in [0.2, 0.25) is 0 Å². The van der Waals surface area contributed by atoms with Crippen LogP contribution in [-0.2, 0) is 10.8 Å². The Balaban J connectivity index is 0.964. The van der Waals surface area contributed by atoms with E-state index in [1.165, 1.54) is 66.8 Å². The van der Waals surface area contributed by atoms with Crippen molar-refractivity contribution in [3.05, 3.63) is 325 Å². The summed E-state index contributed by atoms with van der Waals surface area (Å²) in [6.45, 7) is 4.70. The SMILES string of the molecule is CCC1(CC)c2ccccc2-c2cc(N(c3cccc(N(c4cccc(C5(c6ccccc6)c6ccccc6-c6ccccc65)c4)c4cccc5c4oc4ccccc45)c3)c3ccccc3-c3ccc(-c4ccccc4)cc3)ccc21. The maximum atomic E-state index is 6.99. The minimum absolute atomic E-state index is 0.0535. The van der Waals surface area contributed by atoms with Gasteiger partial charge in [0.1, 0.15) is 5.58 Å². The maximum absolute atomic E-state index is 6.99. The minimum Gasteiger partial charge on any atom is -0.454 e. The second kappa shape index (κ2) is 19.4. The van der Waals surface area contributed by atoms with Gasteiger partial charge in [-0.2, -0.15) is 0 Å². The van der Waals surface area contributed by atoms with Gasteiger partial charge in [-0.1, -0.05) is 244 Å².